The highest BCUT2D eigenvalue weighted by Gasteiger charge is 2.30. The molecule has 3 fully saturated rings. The minimum Gasteiger partial charge on any atom is -0.352 e. The summed E-state index contributed by atoms with van der Waals surface area (Å²) in [6.45, 7) is 5.38. The highest BCUT2D eigenvalue weighted by Crippen LogP contribution is 2.28. The van der Waals surface area contributed by atoms with E-state index in [4.69, 9.17) is 0 Å². The van der Waals surface area contributed by atoms with Gasteiger partial charge in [-0.05, 0) is 57.9 Å². The second kappa shape index (κ2) is 7.10. The lowest BCUT2D eigenvalue weighted by molar-refractivity contribution is -0.126. The molecular formula is C15H28ClN3O. The molecule has 0 aromatic carbocycles. The third-order valence-electron chi connectivity index (χ3n) is 4.77. The van der Waals surface area contributed by atoms with Crippen LogP contribution in [0.15, 0.2) is 0 Å². The normalized spacial score (nSPS) is 25.9. The number of hydrogen-bond donors (Lipinski definition) is 2. The molecule has 0 radical (unpaired) electrons. The Hall–Kier alpha value is -0.320. The molecule has 0 spiro atoms. The molecule has 1 atom stereocenters. The minimum absolute atomic E-state index is 0. The van der Waals surface area contributed by atoms with Crippen LogP contribution >= 0.6 is 12.4 Å². The summed E-state index contributed by atoms with van der Waals surface area (Å²) in [5.41, 5.74) is 0. The molecule has 2 aliphatic carbocycles. The monoisotopic (exact) mass is 301 g/mol. The summed E-state index contributed by atoms with van der Waals surface area (Å²) >= 11 is 0. The van der Waals surface area contributed by atoms with Crippen LogP contribution in [-0.2, 0) is 4.79 Å². The quantitative estimate of drug-likeness (QED) is 0.782. The van der Waals surface area contributed by atoms with Crippen molar-refractivity contribution in [1.82, 2.24) is 15.5 Å². The van der Waals surface area contributed by atoms with E-state index in [0.717, 1.165) is 19.0 Å². The van der Waals surface area contributed by atoms with Gasteiger partial charge in [-0.3, -0.25) is 9.69 Å². The zero-order valence-corrected chi connectivity index (χ0v) is 13.3. The Morgan fingerprint density at radius 2 is 1.75 bits per heavy atom. The Labute approximate surface area is 128 Å². The van der Waals surface area contributed by atoms with Crippen LogP contribution in [0.5, 0.6) is 0 Å². The van der Waals surface area contributed by atoms with Crippen LogP contribution in [-0.4, -0.2) is 48.6 Å². The smallest absolute Gasteiger partial charge is 0.237 e. The summed E-state index contributed by atoms with van der Waals surface area (Å²) in [5.74, 6) is 1.19. The van der Waals surface area contributed by atoms with Gasteiger partial charge in [-0.1, -0.05) is 0 Å². The summed E-state index contributed by atoms with van der Waals surface area (Å²) < 4.78 is 0. The topological polar surface area (TPSA) is 44.4 Å². The number of amides is 1. The first-order valence-electron chi connectivity index (χ1n) is 8.00. The molecule has 0 aromatic heterocycles. The van der Waals surface area contributed by atoms with Crippen molar-refractivity contribution in [3.8, 4) is 0 Å². The maximum Gasteiger partial charge on any atom is 0.237 e. The number of nitrogens with zero attached hydrogens (tertiary/aromatic N) is 1. The Morgan fingerprint density at radius 3 is 2.30 bits per heavy atom. The van der Waals surface area contributed by atoms with E-state index in [-0.39, 0.29) is 24.4 Å². The fraction of sp³-hybridized carbons (Fsp3) is 0.933. The second-order valence-corrected chi connectivity index (χ2v) is 6.62. The van der Waals surface area contributed by atoms with Crippen LogP contribution in [0.3, 0.4) is 0 Å². The molecule has 2 N–H and O–H groups in total. The molecule has 1 aliphatic heterocycles. The van der Waals surface area contributed by atoms with Gasteiger partial charge in [0.15, 0.2) is 0 Å². The van der Waals surface area contributed by atoms with Crippen molar-refractivity contribution in [2.45, 2.75) is 63.6 Å². The highest BCUT2D eigenvalue weighted by molar-refractivity contribution is 5.85. The standard InChI is InChI=1S/C15H27N3O.ClH/c1-11(15(19)17-14-4-5-14)18-8-6-13(7-9-18)16-10-12-2-3-12;/h11-14,16H,2-10H2,1H3,(H,17,19);1H. The van der Waals surface area contributed by atoms with E-state index < -0.39 is 0 Å². The van der Waals surface area contributed by atoms with Crippen LogP contribution < -0.4 is 10.6 Å². The molecule has 2 saturated carbocycles. The number of carbonyl (C=O) groups is 1. The van der Waals surface area contributed by atoms with Gasteiger partial charge in [0.2, 0.25) is 5.91 Å². The average Bonchev–Trinajstić information content (AvgIpc) is 3.30. The van der Waals surface area contributed by atoms with E-state index in [0.29, 0.717) is 12.1 Å². The van der Waals surface area contributed by atoms with Gasteiger partial charge in [-0.2, -0.15) is 0 Å². The molecule has 0 bridgehead atoms. The SMILES string of the molecule is CC(C(=O)NC1CC1)N1CCC(NCC2CC2)CC1.Cl. The van der Waals surface area contributed by atoms with Crippen molar-refractivity contribution in [3.05, 3.63) is 0 Å². The molecule has 1 unspecified atom stereocenters. The zero-order chi connectivity index (χ0) is 13.2. The number of likely N-dealkylation sites (tertiary alicyclic amines) is 1. The van der Waals surface area contributed by atoms with Gasteiger partial charge in [0, 0.05) is 25.2 Å². The van der Waals surface area contributed by atoms with Crippen molar-refractivity contribution in [2.24, 2.45) is 5.92 Å². The van der Waals surface area contributed by atoms with Gasteiger partial charge in [0.25, 0.3) is 0 Å². The van der Waals surface area contributed by atoms with Crippen molar-refractivity contribution < 1.29 is 4.79 Å². The zero-order valence-electron chi connectivity index (χ0n) is 12.4. The van der Waals surface area contributed by atoms with E-state index in [1.54, 1.807) is 0 Å². The number of halogens is 1. The lowest BCUT2D eigenvalue weighted by Crippen LogP contribution is -2.51. The summed E-state index contributed by atoms with van der Waals surface area (Å²) in [6, 6.07) is 1.20. The molecule has 1 heterocycles. The van der Waals surface area contributed by atoms with Crippen LogP contribution in [0.1, 0.15) is 45.4 Å². The lowest BCUT2D eigenvalue weighted by Gasteiger charge is -2.35. The lowest BCUT2D eigenvalue weighted by atomic mass is 10.0. The van der Waals surface area contributed by atoms with E-state index in [1.165, 1.54) is 45.1 Å². The Kier molecular flexibility index (Phi) is 5.70. The second-order valence-electron chi connectivity index (χ2n) is 6.62. The fourth-order valence-corrected chi connectivity index (χ4v) is 2.86. The van der Waals surface area contributed by atoms with E-state index in [1.807, 2.05) is 0 Å². The van der Waals surface area contributed by atoms with E-state index in [9.17, 15) is 4.79 Å². The van der Waals surface area contributed by atoms with E-state index in [2.05, 4.69) is 22.5 Å². The van der Waals surface area contributed by atoms with Gasteiger partial charge in [0.1, 0.15) is 0 Å². The summed E-state index contributed by atoms with van der Waals surface area (Å²) in [6.07, 6.45) is 7.56. The van der Waals surface area contributed by atoms with Crippen molar-refractivity contribution in [1.29, 1.82) is 0 Å². The van der Waals surface area contributed by atoms with Crippen LogP contribution in [0.4, 0.5) is 0 Å². The number of piperidine rings is 1. The number of hydrogen-bond acceptors (Lipinski definition) is 3. The van der Waals surface area contributed by atoms with Gasteiger partial charge >= 0.3 is 0 Å². The molecule has 5 heteroatoms. The molecular weight excluding hydrogens is 274 g/mol. The fourth-order valence-electron chi connectivity index (χ4n) is 2.86. The van der Waals surface area contributed by atoms with Gasteiger partial charge in [0.05, 0.1) is 6.04 Å². The first kappa shape index (κ1) is 16.1. The Morgan fingerprint density at radius 1 is 1.10 bits per heavy atom. The van der Waals surface area contributed by atoms with Crippen LogP contribution in [0.2, 0.25) is 0 Å². The molecule has 4 nitrogen and oxygen atoms in total. The van der Waals surface area contributed by atoms with Crippen molar-refractivity contribution in [3.63, 3.8) is 0 Å². The molecule has 0 aromatic rings. The Bertz CT molecular complexity index is 323. The van der Waals surface area contributed by atoms with Gasteiger partial charge in [-0.15, -0.1) is 12.4 Å². The average molecular weight is 302 g/mol. The number of carbonyl (C=O) groups excluding carboxylic acids is 1. The predicted molar refractivity (Wildman–Crippen MR) is 83.2 cm³/mol. The first-order chi connectivity index (χ1) is 9.22. The van der Waals surface area contributed by atoms with Gasteiger partial charge < -0.3 is 10.6 Å². The summed E-state index contributed by atoms with van der Waals surface area (Å²) in [4.78, 5) is 14.4. The summed E-state index contributed by atoms with van der Waals surface area (Å²) in [5, 5.41) is 6.80. The molecule has 3 rings (SSSR count). The van der Waals surface area contributed by atoms with Crippen LogP contribution in [0, 0.1) is 5.92 Å². The molecule has 1 saturated heterocycles. The van der Waals surface area contributed by atoms with Gasteiger partial charge in [-0.25, -0.2) is 0 Å². The first-order valence-corrected chi connectivity index (χ1v) is 8.00. The molecule has 20 heavy (non-hydrogen) atoms. The largest absolute Gasteiger partial charge is 0.352 e. The molecule has 3 aliphatic rings. The van der Waals surface area contributed by atoms with Crippen molar-refractivity contribution >= 4 is 18.3 Å². The Balaban J connectivity index is 0.00000147. The number of rotatable bonds is 6. The molecule has 1 amide bonds. The number of nitrogens with one attached hydrogen (secondary N) is 2. The van der Waals surface area contributed by atoms with Crippen molar-refractivity contribution in [2.75, 3.05) is 19.6 Å². The summed E-state index contributed by atoms with van der Waals surface area (Å²) in [7, 11) is 0. The minimum atomic E-state index is 0. The highest BCUT2D eigenvalue weighted by atomic mass is 35.5. The maximum atomic E-state index is 12.0. The maximum absolute atomic E-state index is 12.0. The predicted octanol–water partition coefficient (Wildman–Crippen LogP) is 1.54. The van der Waals surface area contributed by atoms with Crippen LogP contribution in [0.25, 0.3) is 0 Å². The molecule has 116 valence electrons. The van der Waals surface area contributed by atoms with E-state index >= 15 is 0 Å². The third kappa shape index (κ3) is 4.61. The third-order valence-corrected chi connectivity index (χ3v) is 4.77.